The van der Waals surface area contributed by atoms with Crippen LogP contribution in [0.1, 0.15) is 6.92 Å². The van der Waals surface area contributed by atoms with E-state index in [0.29, 0.717) is 5.75 Å². The summed E-state index contributed by atoms with van der Waals surface area (Å²) in [6.45, 7) is 2.00. The van der Waals surface area contributed by atoms with Gasteiger partial charge in [-0.25, -0.2) is 18.4 Å². The van der Waals surface area contributed by atoms with Gasteiger partial charge in [0.1, 0.15) is 19.0 Å². The van der Waals surface area contributed by atoms with Crippen LogP contribution in [0.2, 0.25) is 0 Å². The quantitative estimate of drug-likeness (QED) is 0.474. The Labute approximate surface area is 111 Å². The van der Waals surface area contributed by atoms with E-state index >= 15 is 0 Å². The first-order valence-electron chi connectivity index (χ1n) is 5.48. The molecule has 0 saturated heterocycles. The molecule has 0 aliphatic carbocycles. The molecule has 0 aliphatic rings. The Kier molecular flexibility index (Phi) is 5.53. The maximum absolute atomic E-state index is 11.0. The highest BCUT2D eigenvalue weighted by molar-refractivity contribution is 7.89. The van der Waals surface area contributed by atoms with E-state index in [1.807, 2.05) is 0 Å². The first-order valence-corrected chi connectivity index (χ1v) is 7.03. The standard InChI is InChI=1S/C12H15NO5S/c1-2-3-12(14)18-9-8-17-10-4-6-11(7-5-10)19(13,15)16/h2-7H,8-9H2,1H3,(H2,13,15,16). The molecule has 0 unspecified atom stereocenters. The maximum atomic E-state index is 11.0. The lowest BCUT2D eigenvalue weighted by Gasteiger charge is -2.06. The normalized spacial score (nSPS) is 11.5. The van der Waals surface area contributed by atoms with Crippen LogP contribution in [-0.4, -0.2) is 27.6 Å². The zero-order valence-electron chi connectivity index (χ0n) is 10.4. The minimum Gasteiger partial charge on any atom is -0.490 e. The molecule has 6 nitrogen and oxygen atoms in total. The van der Waals surface area contributed by atoms with Crippen molar-refractivity contribution in [2.75, 3.05) is 13.2 Å². The fraction of sp³-hybridized carbons (Fsp3) is 0.250. The summed E-state index contributed by atoms with van der Waals surface area (Å²) >= 11 is 0. The molecule has 0 aromatic heterocycles. The number of ether oxygens (including phenoxy) is 2. The van der Waals surface area contributed by atoms with E-state index in [0.717, 1.165) is 0 Å². The van der Waals surface area contributed by atoms with Crippen molar-refractivity contribution in [3.05, 3.63) is 36.4 Å². The Balaban J connectivity index is 2.41. The fourth-order valence-corrected chi connectivity index (χ4v) is 1.73. The third-order valence-corrected chi connectivity index (χ3v) is 2.98. The maximum Gasteiger partial charge on any atom is 0.330 e. The van der Waals surface area contributed by atoms with E-state index in [2.05, 4.69) is 0 Å². The number of nitrogens with two attached hydrogens (primary N) is 1. The molecular formula is C12H15NO5S. The molecule has 0 saturated carbocycles. The van der Waals surface area contributed by atoms with Crippen LogP contribution in [0.25, 0.3) is 0 Å². The molecule has 0 radical (unpaired) electrons. The topological polar surface area (TPSA) is 95.7 Å². The molecule has 0 spiro atoms. The lowest BCUT2D eigenvalue weighted by Crippen LogP contribution is -2.12. The van der Waals surface area contributed by atoms with Crippen molar-refractivity contribution in [1.29, 1.82) is 0 Å². The molecule has 1 rings (SSSR count). The minimum atomic E-state index is -3.69. The zero-order chi connectivity index (χ0) is 14.3. The molecule has 0 aliphatic heterocycles. The molecule has 0 atom stereocenters. The average Bonchev–Trinajstić information content (AvgIpc) is 2.34. The van der Waals surface area contributed by atoms with Gasteiger partial charge in [0, 0.05) is 6.08 Å². The van der Waals surface area contributed by atoms with Gasteiger partial charge in [-0.3, -0.25) is 0 Å². The summed E-state index contributed by atoms with van der Waals surface area (Å²) in [6.07, 6.45) is 2.88. The molecule has 0 amide bonds. The minimum absolute atomic E-state index is 0.0133. The van der Waals surface area contributed by atoms with Gasteiger partial charge >= 0.3 is 5.97 Å². The summed E-state index contributed by atoms with van der Waals surface area (Å²) in [5.74, 6) is 0.0326. The highest BCUT2D eigenvalue weighted by Gasteiger charge is 2.06. The van der Waals surface area contributed by atoms with Crippen molar-refractivity contribution >= 4 is 16.0 Å². The number of primary sulfonamides is 1. The number of hydrogen-bond donors (Lipinski definition) is 1. The number of allylic oxidation sites excluding steroid dienone is 1. The highest BCUT2D eigenvalue weighted by Crippen LogP contribution is 2.14. The van der Waals surface area contributed by atoms with E-state index < -0.39 is 16.0 Å². The number of hydrogen-bond acceptors (Lipinski definition) is 5. The Morgan fingerprint density at radius 3 is 2.42 bits per heavy atom. The van der Waals surface area contributed by atoms with E-state index in [1.165, 1.54) is 30.3 Å². The molecule has 0 fully saturated rings. The molecular weight excluding hydrogens is 270 g/mol. The van der Waals surface area contributed by atoms with E-state index in [-0.39, 0.29) is 18.1 Å². The number of rotatable bonds is 6. The number of benzene rings is 1. The van der Waals surface area contributed by atoms with Crippen molar-refractivity contribution in [1.82, 2.24) is 0 Å². The van der Waals surface area contributed by atoms with Gasteiger partial charge in [-0.1, -0.05) is 6.08 Å². The van der Waals surface area contributed by atoms with Gasteiger partial charge in [0.2, 0.25) is 10.0 Å². The van der Waals surface area contributed by atoms with Gasteiger partial charge in [0.05, 0.1) is 4.90 Å². The summed E-state index contributed by atoms with van der Waals surface area (Å²) in [7, 11) is -3.69. The second-order valence-electron chi connectivity index (χ2n) is 3.53. The van der Waals surface area contributed by atoms with Gasteiger partial charge in [-0.15, -0.1) is 0 Å². The van der Waals surface area contributed by atoms with Crippen molar-refractivity contribution < 1.29 is 22.7 Å². The summed E-state index contributed by atoms with van der Waals surface area (Å²) in [5, 5.41) is 4.96. The van der Waals surface area contributed by atoms with Crippen molar-refractivity contribution in [3.63, 3.8) is 0 Å². The van der Waals surface area contributed by atoms with Crippen LogP contribution in [-0.2, 0) is 19.6 Å². The number of esters is 1. The molecule has 1 aromatic rings. The van der Waals surface area contributed by atoms with Gasteiger partial charge in [0.25, 0.3) is 0 Å². The molecule has 0 bridgehead atoms. The van der Waals surface area contributed by atoms with Crippen LogP contribution in [0.3, 0.4) is 0 Å². The monoisotopic (exact) mass is 285 g/mol. The van der Waals surface area contributed by atoms with E-state index in [4.69, 9.17) is 14.6 Å². The third-order valence-electron chi connectivity index (χ3n) is 2.05. The SMILES string of the molecule is CC=CC(=O)OCCOc1ccc(S(N)(=O)=O)cc1. The average molecular weight is 285 g/mol. The van der Waals surface area contributed by atoms with Crippen LogP contribution >= 0.6 is 0 Å². The summed E-state index contributed by atoms with van der Waals surface area (Å²) < 4.78 is 32.1. The number of carbonyl (C=O) groups excluding carboxylic acids is 1. The largest absolute Gasteiger partial charge is 0.490 e. The predicted molar refractivity (Wildman–Crippen MR) is 69.1 cm³/mol. The molecule has 0 heterocycles. The summed E-state index contributed by atoms with van der Waals surface area (Å²) in [5.41, 5.74) is 0. The van der Waals surface area contributed by atoms with Crippen LogP contribution < -0.4 is 9.88 Å². The smallest absolute Gasteiger partial charge is 0.330 e. The predicted octanol–water partition coefficient (Wildman–Crippen LogP) is 0.832. The second-order valence-corrected chi connectivity index (χ2v) is 5.09. The van der Waals surface area contributed by atoms with Gasteiger partial charge in [-0.2, -0.15) is 0 Å². The summed E-state index contributed by atoms with van der Waals surface area (Å²) in [4.78, 5) is 11.0. The molecule has 7 heteroatoms. The summed E-state index contributed by atoms with van der Waals surface area (Å²) in [6, 6.07) is 5.65. The molecule has 1 aromatic carbocycles. The van der Waals surface area contributed by atoms with Crippen LogP contribution in [0.4, 0.5) is 0 Å². The Morgan fingerprint density at radius 1 is 1.26 bits per heavy atom. The van der Waals surface area contributed by atoms with Gasteiger partial charge < -0.3 is 9.47 Å². The highest BCUT2D eigenvalue weighted by atomic mass is 32.2. The molecule has 2 N–H and O–H groups in total. The fourth-order valence-electron chi connectivity index (χ4n) is 1.21. The Hall–Kier alpha value is -1.86. The number of carbonyl (C=O) groups is 1. The second kappa shape index (κ2) is 6.91. The molecule has 19 heavy (non-hydrogen) atoms. The van der Waals surface area contributed by atoms with E-state index in [9.17, 15) is 13.2 Å². The zero-order valence-corrected chi connectivity index (χ0v) is 11.2. The third kappa shape index (κ3) is 5.54. The molecule has 104 valence electrons. The number of sulfonamides is 1. The van der Waals surface area contributed by atoms with Gasteiger partial charge in [0.15, 0.2) is 0 Å². The first kappa shape index (κ1) is 15.2. The lowest BCUT2D eigenvalue weighted by molar-refractivity contribution is -0.138. The van der Waals surface area contributed by atoms with E-state index in [1.54, 1.807) is 13.0 Å². The first-order chi connectivity index (χ1) is 8.93. The lowest BCUT2D eigenvalue weighted by atomic mass is 10.3. The Morgan fingerprint density at radius 2 is 1.89 bits per heavy atom. The van der Waals surface area contributed by atoms with Crippen LogP contribution in [0.5, 0.6) is 5.75 Å². The van der Waals surface area contributed by atoms with Crippen molar-refractivity contribution in [2.45, 2.75) is 11.8 Å². The van der Waals surface area contributed by atoms with Crippen molar-refractivity contribution in [2.24, 2.45) is 5.14 Å². The Bertz CT molecular complexity index is 548. The van der Waals surface area contributed by atoms with Crippen molar-refractivity contribution in [3.8, 4) is 5.75 Å². The van der Waals surface area contributed by atoms with Crippen LogP contribution in [0.15, 0.2) is 41.3 Å². The van der Waals surface area contributed by atoms with Crippen LogP contribution in [0, 0.1) is 0 Å². The van der Waals surface area contributed by atoms with Gasteiger partial charge in [-0.05, 0) is 31.2 Å².